The fraction of sp³-hybridized carbons (Fsp3) is 0.0909. The van der Waals surface area contributed by atoms with Crippen LogP contribution in [0, 0.1) is 5.82 Å². The SMILES string of the molecule is CCOc1ccc(-c2csc(NC(=O)c3ccc(=O)n(-c4ccc(F)cc4)n3)n2)cc1. The van der Waals surface area contributed by atoms with Crippen molar-refractivity contribution < 1.29 is 13.9 Å². The number of benzene rings is 2. The molecule has 0 aliphatic rings. The second kappa shape index (κ2) is 8.88. The molecule has 2 heterocycles. The van der Waals surface area contributed by atoms with Gasteiger partial charge in [0, 0.05) is 17.0 Å². The molecule has 1 N–H and O–H groups in total. The lowest BCUT2D eigenvalue weighted by molar-refractivity contribution is 0.102. The average Bonchev–Trinajstić information content (AvgIpc) is 3.24. The van der Waals surface area contributed by atoms with E-state index in [9.17, 15) is 14.0 Å². The van der Waals surface area contributed by atoms with E-state index in [2.05, 4.69) is 15.4 Å². The van der Waals surface area contributed by atoms with Crippen LogP contribution in [0.3, 0.4) is 0 Å². The summed E-state index contributed by atoms with van der Waals surface area (Å²) in [5.74, 6) is -0.168. The molecule has 2 aromatic carbocycles. The number of rotatable bonds is 6. The molecular weight excluding hydrogens is 419 g/mol. The lowest BCUT2D eigenvalue weighted by atomic mass is 10.2. The Bertz CT molecular complexity index is 1270. The van der Waals surface area contributed by atoms with Crippen molar-refractivity contribution in [1.82, 2.24) is 14.8 Å². The first kappa shape index (κ1) is 20.4. The molecule has 31 heavy (non-hydrogen) atoms. The van der Waals surface area contributed by atoms with Crippen molar-refractivity contribution in [3.05, 3.63) is 87.9 Å². The molecule has 0 unspecified atom stereocenters. The highest BCUT2D eigenvalue weighted by Gasteiger charge is 2.14. The van der Waals surface area contributed by atoms with Crippen LogP contribution in [0.5, 0.6) is 5.75 Å². The van der Waals surface area contributed by atoms with Crippen LogP contribution in [0.15, 0.2) is 70.8 Å². The maximum Gasteiger partial charge on any atom is 0.277 e. The molecule has 4 rings (SSSR count). The minimum Gasteiger partial charge on any atom is -0.494 e. The zero-order chi connectivity index (χ0) is 21.8. The third kappa shape index (κ3) is 4.67. The Morgan fingerprint density at radius 1 is 1.10 bits per heavy atom. The van der Waals surface area contributed by atoms with E-state index >= 15 is 0 Å². The first-order valence-corrected chi connectivity index (χ1v) is 10.3. The maximum atomic E-state index is 13.1. The van der Waals surface area contributed by atoms with Gasteiger partial charge in [-0.3, -0.25) is 14.9 Å². The molecule has 0 saturated heterocycles. The smallest absolute Gasteiger partial charge is 0.277 e. The highest BCUT2D eigenvalue weighted by Crippen LogP contribution is 2.26. The topological polar surface area (TPSA) is 86.1 Å². The van der Waals surface area contributed by atoms with E-state index in [1.165, 1.54) is 47.7 Å². The minimum atomic E-state index is -0.511. The van der Waals surface area contributed by atoms with Crippen molar-refractivity contribution >= 4 is 22.4 Å². The van der Waals surface area contributed by atoms with E-state index in [0.717, 1.165) is 16.0 Å². The molecule has 1 amide bonds. The summed E-state index contributed by atoms with van der Waals surface area (Å²) in [7, 11) is 0. The predicted octanol–water partition coefficient (Wildman–Crippen LogP) is 4.15. The number of ether oxygens (including phenoxy) is 1. The average molecular weight is 436 g/mol. The lowest BCUT2D eigenvalue weighted by Crippen LogP contribution is -2.24. The van der Waals surface area contributed by atoms with Crippen LogP contribution in [0.2, 0.25) is 0 Å². The van der Waals surface area contributed by atoms with Gasteiger partial charge in [0.05, 0.1) is 18.0 Å². The molecule has 0 aliphatic carbocycles. The van der Waals surface area contributed by atoms with Gasteiger partial charge in [0.1, 0.15) is 17.3 Å². The molecule has 2 aromatic heterocycles. The van der Waals surface area contributed by atoms with Crippen LogP contribution in [0.25, 0.3) is 16.9 Å². The van der Waals surface area contributed by atoms with Crippen LogP contribution >= 0.6 is 11.3 Å². The second-order valence-corrected chi connectivity index (χ2v) is 7.25. The first-order chi connectivity index (χ1) is 15.0. The van der Waals surface area contributed by atoms with Gasteiger partial charge in [0.25, 0.3) is 11.5 Å². The van der Waals surface area contributed by atoms with Crippen molar-refractivity contribution in [2.24, 2.45) is 0 Å². The van der Waals surface area contributed by atoms with Gasteiger partial charge in [-0.05, 0) is 61.5 Å². The number of nitrogens with one attached hydrogen (secondary N) is 1. The van der Waals surface area contributed by atoms with E-state index in [1.54, 1.807) is 0 Å². The van der Waals surface area contributed by atoms with Gasteiger partial charge in [0.15, 0.2) is 5.13 Å². The summed E-state index contributed by atoms with van der Waals surface area (Å²) in [5.41, 5.74) is 1.56. The summed E-state index contributed by atoms with van der Waals surface area (Å²) in [6, 6.07) is 15.3. The third-order valence-corrected chi connectivity index (χ3v) is 5.05. The highest BCUT2D eigenvalue weighted by molar-refractivity contribution is 7.14. The summed E-state index contributed by atoms with van der Waals surface area (Å²) in [5, 5.41) is 9.02. The number of carbonyl (C=O) groups excluding carboxylic acids is 1. The number of nitrogens with zero attached hydrogens (tertiary/aromatic N) is 3. The fourth-order valence-electron chi connectivity index (χ4n) is 2.81. The second-order valence-electron chi connectivity index (χ2n) is 6.39. The number of halogens is 1. The number of carbonyl (C=O) groups is 1. The highest BCUT2D eigenvalue weighted by atomic mass is 32.1. The molecule has 0 saturated carbocycles. The molecule has 0 aliphatic heterocycles. The zero-order valence-corrected chi connectivity index (χ0v) is 17.2. The van der Waals surface area contributed by atoms with Gasteiger partial charge in [-0.15, -0.1) is 11.3 Å². The Morgan fingerprint density at radius 3 is 2.55 bits per heavy atom. The van der Waals surface area contributed by atoms with Crippen LogP contribution in [-0.2, 0) is 0 Å². The summed E-state index contributed by atoms with van der Waals surface area (Å²) in [6.07, 6.45) is 0. The minimum absolute atomic E-state index is 0.0294. The molecule has 0 spiro atoms. The van der Waals surface area contributed by atoms with Gasteiger partial charge < -0.3 is 4.74 Å². The van der Waals surface area contributed by atoms with Crippen molar-refractivity contribution in [3.8, 4) is 22.7 Å². The molecule has 0 fully saturated rings. The molecule has 156 valence electrons. The largest absolute Gasteiger partial charge is 0.494 e. The van der Waals surface area contributed by atoms with Crippen LogP contribution < -0.4 is 15.6 Å². The number of hydrogen-bond donors (Lipinski definition) is 1. The Balaban J connectivity index is 1.52. The van der Waals surface area contributed by atoms with Gasteiger partial charge in [-0.1, -0.05) is 0 Å². The number of aromatic nitrogens is 3. The van der Waals surface area contributed by atoms with Crippen molar-refractivity contribution in [2.45, 2.75) is 6.92 Å². The fourth-order valence-corrected chi connectivity index (χ4v) is 3.53. The molecule has 0 bridgehead atoms. The van der Waals surface area contributed by atoms with E-state index in [0.29, 0.717) is 23.1 Å². The van der Waals surface area contributed by atoms with Crippen LogP contribution in [0.4, 0.5) is 9.52 Å². The van der Waals surface area contributed by atoms with Crippen molar-refractivity contribution in [2.75, 3.05) is 11.9 Å². The van der Waals surface area contributed by atoms with E-state index < -0.39 is 17.3 Å². The number of amides is 1. The number of anilines is 1. The third-order valence-electron chi connectivity index (χ3n) is 4.29. The molecule has 7 nitrogen and oxygen atoms in total. The summed E-state index contributed by atoms with van der Waals surface area (Å²) in [4.78, 5) is 29.2. The van der Waals surface area contributed by atoms with Crippen LogP contribution in [0.1, 0.15) is 17.4 Å². The molecule has 9 heteroatoms. The predicted molar refractivity (Wildman–Crippen MR) is 116 cm³/mol. The van der Waals surface area contributed by atoms with Gasteiger partial charge in [-0.2, -0.15) is 9.78 Å². The normalized spacial score (nSPS) is 10.6. The number of thiazole rings is 1. The molecule has 0 radical (unpaired) electrons. The van der Waals surface area contributed by atoms with Crippen LogP contribution in [-0.4, -0.2) is 27.3 Å². The Labute approximate surface area is 180 Å². The van der Waals surface area contributed by atoms with Crippen molar-refractivity contribution in [3.63, 3.8) is 0 Å². The van der Waals surface area contributed by atoms with E-state index in [4.69, 9.17) is 4.74 Å². The molecule has 4 aromatic rings. The Hall–Kier alpha value is -3.85. The Morgan fingerprint density at radius 2 is 1.84 bits per heavy atom. The van der Waals surface area contributed by atoms with Gasteiger partial charge in [0.2, 0.25) is 0 Å². The maximum absolute atomic E-state index is 13.1. The van der Waals surface area contributed by atoms with Gasteiger partial charge >= 0.3 is 0 Å². The van der Waals surface area contributed by atoms with E-state index in [1.807, 2.05) is 36.6 Å². The monoisotopic (exact) mass is 436 g/mol. The zero-order valence-electron chi connectivity index (χ0n) is 16.4. The summed E-state index contributed by atoms with van der Waals surface area (Å²) in [6.45, 7) is 2.51. The van der Waals surface area contributed by atoms with E-state index in [-0.39, 0.29) is 5.69 Å². The summed E-state index contributed by atoms with van der Waals surface area (Å²) >= 11 is 1.27. The number of hydrogen-bond acceptors (Lipinski definition) is 6. The molecule has 0 atom stereocenters. The quantitative estimate of drug-likeness (QED) is 0.491. The molecular formula is C22H17FN4O3S. The summed E-state index contributed by atoms with van der Waals surface area (Å²) < 4.78 is 19.6. The lowest BCUT2D eigenvalue weighted by Gasteiger charge is -2.06. The first-order valence-electron chi connectivity index (χ1n) is 9.40. The van der Waals surface area contributed by atoms with Crippen molar-refractivity contribution in [1.29, 1.82) is 0 Å². The standard InChI is InChI=1S/C22H17FN4O3S/c1-2-30-17-9-3-14(4-10-17)19-13-31-22(24-19)25-21(29)18-11-12-20(28)27(26-18)16-7-5-15(23)6-8-16/h3-13H,2H2,1H3,(H,24,25,29). The van der Waals surface area contributed by atoms with Gasteiger partial charge in [-0.25, -0.2) is 9.37 Å². The Kier molecular flexibility index (Phi) is 5.85.